The van der Waals surface area contributed by atoms with Crippen molar-refractivity contribution in [1.29, 1.82) is 0 Å². The number of benzene rings is 1. The fraction of sp³-hybridized carbons (Fsp3) is 0.286. The number of nitrogens with zero attached hydrogens (tertiary/aromatic N) is 1. The molecular weight excluding hydrogens is 461 g/mol. The summed E-state index contributed by atoms with van der Waals surface area (Å²) in [6, 6.07) is 8.63. The van der Waals surface area contributed by atoms with Crippen LogP contribution in [0.15, 0.2) is 53.8 Å². The molecule has 1 aromatic heterocycles. The number of aromatic amines is 1. The van der Waals surface area contributed by atoms with Gasteiger partial charge in [0.15, 0.2) is 5.69 Å². The SMILES string of the molecule is C=CCC[C@@](OCc1ccccc1)(C(=O)NNC(=O)c1[nH]c(=O)c(C)cc1[N+](=O)[O-])C(F)(F)F. The Morgan fingerprint density at radius 3 is 2.44 bits per heavy atom. The summed E-state index contributed by atoms with van der Waals surface area (Å²) in [5.41, 5.74) is -2.29. The normalized spacial score (nSPS) is 12.9. The molecule has 2 aromatic rings. The van der Waals surface area contributed by atoms with Crippen LogP contribution in [0.4, 0.5) is 18.9 Å². The first-order valence-corrected chi connectivity index (χ1v) is 9.77. The van der Waals surface area contributed by atoms with Crippen LogP contribution in [0.3, 0.4) is 0 Å². The summed E-state index contributed by atoms with van der Waals surface area (Å²) in [7, 11) is 0. The largest absolute Gasteiger partial charge is 0.426 e. The molecule has 1 atom stereocenters. The first-order chi connectivity index (χ1) is 15.9. The summed E-state index contributed by atoms with van der Waals surface area (Å²) in [6.07, 6.45) is -5.15. The summed E-state index contributed by atoms with van der Waals surface area (Å²) in [5.74, 6) is -3.16. The van der Waals surface area contributed by atoms with Crippen LogP contribution in [-0.2, 0) is 16.1 Å². The van der Waals surface area contributed by atoms with Gasteiger partial charge in [0.05, 0.1) is 11.5 Å². The van der Waals surface area contributed by atoms with Crippen molar-refractivity contribution in [2.24, 2.45) is 0 Å². The van der Waals surface area contributed by atoms with E-state index in [2.05, 4.69) is 6.58 Å². The first kappa shape index (κ1) is 26.3. The van der Waals surface area contributed by atoms with Crippen molar-refractivity contribution >= 4 is 17.5 Å². The number of rotatable bonds is 9. The van der Waals surface area contributed by atoms with E-state index in [0.29, 0.717) is 5.56 Å². The number of carbonyl (C=O) groups excluding carboxylic acids is 2. The Hall–Kier alpha value is -4.00. The molecule has 0 aliphatic heterocycles. The lowest BCUT2D eigenvalue weighted by atomic mass is 9.95. The molecule has 10 nitrogen and oxygen atoms in total. The fourth-order valence-electron chi connectivity index (χ4n) is 2.90. The molecule has 13 heteroatoms. The van der Waals surface area contributed by atoms with Crippen molar-refractivity contribution < 1.29 is 32.4 Å². The fourth-order valence-corrected chi connectivity index (χ4v) is 2.90. The molecule has 2 amide bonds. The van der Waals surface area contributed by atoms with Crippen LogP contribution in [0, 0.1) is 17.0 Å². The summed E-state index contributed by atoms with van der Waals surface area (Å²) >= 11 is 0. The number of pyridine rings is 1. The molecule has 0 aliphatic carbocycles. The van der Waals surface area contributed by atoms with E-state index in [-0.39, 0.29) is 12.0 Å². The van der Waals surface area contributed by atoms with E-state index in [1.165, 1.54) is 25.1 Å². The van der Waals surface area contributed by atoms with Crippen molar-refractivity contribution in [3.63, 3.8) is 0 Å². The Balaban J connectivity index is 2.32. The Morgan fingerprint density at radius 2 is 1.88 bits per heavy atom. The Bertz CT molecular complexity index is 1130. The van der Waals surface area contributed by atoms with Crippen LogP contribution in [0.1, 0.15) is 34.5 Å². The maximum atomic E-state index is 14.1. The number of allylic oxidation sites excluding steroid dienone is 1. The standard InChI is InChI=1S/C21H21F3N4O6/c1-3-4-10-20(21(22,23)24,34-12-14-8-6-5-7-9-14)19(31)27-26-18(30)16-15(28(32)33)11-13(2)17(29)25-16/h3,5-9,11H,1,4,10,12H2,2H3,(H,25,29)(H,26,30)(H,27,31)/t20-/m1/s1. The van der Waals surface area contributed by atoms with E-state index in [0.717, 1.165) is 6.07 Å². The number of nitrogens with one attached hydrogen (secondary N) is 3. The van der Waals surface area contributed by atoms with Gasteiger partial charge in [-0.05, 0) is 25.3 Å². The van der Waals surface area contributed by atoms with Gasteiger partial charge in [-0.15, -0.1) is 6.58 Å². The molecule has 34 heavy (non-hydrogen) atoms. The summed E-state index contributed by atoms with van der Waals surface area (Å²) in [4.78, 5) is 49.0. The molecule has 0 saturated heterocycles. The number of aromatic nitrogens is 1. The third kappa shape index (κ3) is 5.86. The van der Waals surface area contributed by atoms with Gasteiger partial charge in [0.2, 0.25) is 5.60 Å². The number of H-pyrrole nitrogens is 1. The Labute approximate surface area is 190 Å². The molecule has 0 bridgehead atoms. The van der Waals surface area contributed by atoms with Crippen LogP contribution >= 0.6 is 0 Å². The van der Waals surface area contributed by atoms with E-state index < -0.39 is 58.5 Å². The van der Waals surface area contributed by atoms with Crippen LogP contribution in [0.25, 0.3) is 0 Å². The summed E-state index contributed by atoms with van der Waals surface area (Å²) < 4.78 is 47.4. The maximum absolute atomic E-state index is 14.1. The van der Waals surface area contributed by atoms with Crippen LogP contribution in [0.2, 0.25) is 0 Å². The molecule has 0 spiro atoms. The number of alkyl halides is 3. The molecule has 182 valence electrons. The molecule has 0 radical (unpaired) electrons. The van der Waals surface area contributed by atoms with Crippen LogP contribution in [0.5, 0.6) is 0 Å². The quantitative estimate of drug-likeness (QED) is 0.285. The minimum absolute atomic E-state index is 0.0675. The number of hydrogen-bond donors (Lipinski definition) is 3. The molecule has 0 fully saturated rings. The van der Waals surface area contributed by atoms with E-state index in [4.69, 9.17) is 4.74 Å². The molecular formula is C21H21F3N4O6. The predicted molar refractivity (Wildman–Crippen MR) is 114 cm³/mol. The molecule has 0 unspecified atom stereocenters. The highest BCUT2D eigenvalue weighted by Gasteiger charge is 2.61. The number of amides is 2. The maximum Gasteiger partial charge on any atom is 0.426 e. The van der Waals surface area contributed by atoms with Crippen LogP contribution < -0.4 is 16.4 Å². The van der Waals surface area contributed by atoms with Crippen molar-refractivity contribution in [1.82, 2.24) is 15.8 Å². The van der Waals surface area contributed by atoms with Crippen molar-refractivity contribution in [3.8, 4) is 0 Å². The molecule has 1 aromatic carbocycles. The first-order valence-electron chi connectivity index (χ1n) is 9.77. The third-order valence-electron chi connectivity index (χ3n) is 4.77. The van der Waals surface area contributed by atoms with Crippen molar-refractivity contribution in [3.05, 3.63) is 86.3 Å². The molecule has 3 N–H and O–H groups in total. The summed E-state index contributed by atoms with van der Waals surface area (Å²) in [5, 5.41) is 11.2. The zero-order chi connectivity index (χ0) is 25.5. The van der Waals surface area contributed by atoms with Gasteiger partial charge in [-0.3, -0.25) is 35.3 Å². The number of ether oxygens (including phenoxy) is 1. The van der Waals surface area contributed by atoms with E-state index in [1.807, 2.05) is 4.98 Å². The smallest absolute Gasteiger partial charge is 0.352 e. The second kappa shape index (κ2) is 10.7. The average Bonchev–Trinajstić information content (AvgIpc) is 2.78. The van der Waals surface area contributed by atoms with Gasteiger partial charge in [0.25, 0.3) is 23.1 Å². The predicted octanol–water partition coefficient (Wildman–Crippen LogP) is 2.84. The highest BCUT2D eigenvalue weighted by Crippen LogP contribution is 2.38. The van der Waals surface area contributed by atoms with Crippen molar-refractivity contribution in [2.75, 3.05) is 0 Å². The van der Waals surface area contributed by atoms with Crippen LogP contribution in [-0.4, -0.2) is 33.5 Å². The lowest BCUT2D eigenvalue weighted by molar-refractivity contribution is -0.385. The van der Waals surface area contributed by atoms with Gasteiger partial charge in [0, 0.05) is 11.6 Å². The number of aryl methyl sites for hydroxylation is 1. The number of hydrazine groups is 1. The Kier molecular flexibility index (Phi) is 8.30. The second-order valence-electron chi connectivity index (χ2n) is 7.13. The lowest BCUT2D eigenvalue weighted by Crippen LogP contribution is -2.61. The zero-order valence-corrected chi connectivity index (χ0v) is 17.9. The number of halogens is 3. The highest BCUT2D eigenvalue weighted by atomic mass is 19.4. The van der Waals surface area contributed by atoms with Gasteiger partial charge in [0.1, 0.15) is 0 Å². The van der Waals surface area contributed by atoms with Gasteiger partial charge in [-0.2, -0.15) is 13.2 Å². The van der Waals surface area contributed by atoms with Gasteiger partial charge in [-0.25, -0.2) is 0 Å². The minimum atomic E-state index is -5.20. The molecule has 1 heterocycles. The van der Waals surface area contributed by atoms with Crippen molar-refractivity contribution in [2.45, 2.75) is 38.1 Å². The lowest BCUT2D eigenvalue weighted by Gasteiger charge is -2.34. The average molecular weight is 482 g/mol. The van der Waals surface area contributed by atoms with E-state index in [9.17, 15) is 37.7 Å². The molecule has 0 aliphatic rings. The second-order valence-corrected chi connectivity index (χ2v) is 7.13. The van der Waals surface area contributed by atoms with Gasteiger partial charge >= 0.3 is 6.18 Å². The minimum Gasteiger partial charge on any atom is -0.352 e. The van der Waals surface area contributed by atoms with Gasteiger partial charge in [-0.1, -0.05) is 36.4 Å². The van der Waals surface area contributed by atoms with E-state index >= 15 is 0 Å². The highest BCUT2D eigenvalue weighted by molar-refractivity contribution is 5.98. The molecule has 0 saturated carbocycles. The molecule has 2 rings (SSSR count). The number of carbonyl (C=O) groups is 2. The van der Waals surface area contributed by atoms with E-state index in [1.54, 1.807) is 29.1 Å². The number of nitro groups is 1. The number of hydrogen-bond acceptors (Lipinski definition) is 6. The Morgan fingerprint density at radius 1 is 1.24 bits per heavy atom. The zero-order valence-electron chi connectivity index (χ0n) is 17.9. The summed E-state index contributed by atoms with van der Waals surface area (Å²) in [6.45, 7) is 4.04. The third-order valence-corrected chi connectivity index (χ3v) is 4.77. The monoisotopic (exact) mass is 482 g/mol. The van der Waals surface area contributed by atoms with Gasteiger partial charge < -0.3 is 9.72 Å². The topological polar surface area (TPSA) is 143 Å².